The number of hydrogen-bond donors (Lipinski definition) is 3. The van der Waals surface area contributed by atoms with Gasteiger partial charge in [0, 0.05) is 38.4 Å². The minimum atomic E-state index is -1.21. The van der Waals surface area contributed by atoms with E-state index in [1.807, 2.05) is 70.2 Å². The lowest BCUT2D eigenvalue weighted by atomic mass is 9.92. The van der Waals surface area contributed by atoms with Crippen LogP contribution in [0.25, 0.3) is 0 Å². The zero-order valence-electron chi connectivity index (χ0n) is 41.6. The highest BCUT2D eigenvalue weighted by Crippen LogP contribution is 2.45. The molecule has 6 atom stereocenters. The first-order valence-electron chi connectivity index (χ1n) is 23.9. The van der Waals surface area contributed by atoms with Gasteiger partial charge in [-0.25, -0.2) is 4.79 Å². The zero-order valence-corrected chi connectivity index (χ0v) is 41.6. The molecule has 2 aromatic carbocycles. The molecule has 2 aromatic rings. The first-order chi connectivity index (χ1) is 33.1. The number of benzene rings is 2. The fraction of sp³-hybridized carbons (Fsp3) is 0.596. The van der Waals surface area contributed by atoms with Gasteiger partial charge in [0.1, 0.15) is 30.6 Å². The fourth-order valence-corrected chi connectivity index (χ4v) is 7.40. The molecule has 69 heavy (non-hydrogen) atoms. The lowest BCUT2D eigenvalue weighted by Gasteiger charge is -2.29. The van der Waals surface area contributed by atoms with Crippen LogP contribution >= 0.6 is 0 Å². The fourth-order valence-electron chi connectivity index (χ4n) is 7.40. The number of hydrogen-bond acceptors (Lipinski definition) is 15. The first kappa shape index (κ1) is 56.4. The van der Waals surface area contributed by atoms with Crippen molar-refractivity contribution < 1.29 is 66.6 Å². The third kappa shape index (κ3) is 20.4. The highest BCUT2D eigenvalue weighted by atomic mass is 16.6. The van der Waals surface area contributed by atoms with Crippen molar-refractivity contribution in [3.8, 4) is 5.75 Å². The summed E-state index contributed by atoms with van der Waals surface area (Å²) in [5, 5.41) is 9.03. The second kappa shape index (κ2) is 29.8. The van der Waals surface area contributed by atoms with Crippen molar-refractivity contribution in [2.45, 2.75) is 104 Å². The number of amides is 2. The molecular weight excluding hydrogens is 891 g/mol. The van der Waals surface area contributed by atoms with Crippen molar-refractivity contribution in [1.29, 1.82) is 0 Å². The summed E-state index contributed by atoms with van der Waals surface area (Å²) in [5.74, 6) is -2.23. The van der Waals surface area contributed by atoms with Crippen LogP contribution in [0.15, 0.2) is 67.3 Å². The SMILES string of the molecule is C=CCOC(=O)CCOCCOCCOCCOCCNCc1ccc(C2OC2[C@@H](C)[C@@H]2C/C=C/C(=O)N[C@H](Cc3ccc(OC)c(C)c3)C(=O)NCC(C)(C)C(=O)O[C@@H](CC(C)C)C(=O)O2)cc1. The number of nitrogens with one attached hydrogen (secondary N) is 3. The standard InChI is InChI=1S/C52H75N3O14/c1-9-21-66-46(57)19-22-62-24-26-64-28-29-65-27-25-63-23-20-53-33-38-13-16-40(17-14-38)48-47(69-48)37(5)43-11-10-12-45(56)55-41(32-39-15-18-42(61-8)36(4)31-39)49(58)54-34-52(6,7)51(60)68-44(30-35(2)3)50(59)67-43/h9-10,12-18,31,35,37,41,43-44,47-48,53H,1,11,19-30,32-34H2,2-8H3,(H,54,58)(H,55,56)/b12-10+/t37-,41+,43-,44-,47?,48?/m0/s1. The van der Waals surface area contributed by atoms with Gasteiger partial charge in [-0.2, -0.15) is 0 Å². The van der Waals surface area contributed by atoms with E-state index in [2.05, 4.69) is 22.5 Å². The van der Waals surface area contributed by atoms with E-state index in [0.717, 1.165) is 22.3 Å². The summed E-state index contributed by atoms with van der Waals surface area (Å²) >= 11 is 0. The second-order valence-corrected chi connectivity index (χ2v) is 18.3. The quantitative estimate of drug-likeness (QED) is 0.0352. The van der Waals surface area contributed by atoms with Crippen molar-refractivity contribution in [1.82, 2.24) is 16.0 Å². The van der Waals surface area contributed by atoms with Gasteiger partial charge >= 0.3 is 17.9 Å². The molecule has 4 rings (SSSR count). The summed E-state index contributed by atoms with van der Waals surface area (Å²) in [7, 11) is 1.59. The van der Waals surface area contributed by atoms with Crippen LogP contribution in [0.2, 0.25) is 0 Å². The molecule has 0 aliphatic carbocycles. The molecule has 2 aliphatic rings. The summed E-state index contributed by atoms with van der Waals surface area (Å²) in [4.78, 5) is 65.9. The maximum atomic E-state index is 13.9. The molecule has 1 saturated heterocycles. The van der Waals surface area contributed by atoms with Crippen LogP contribution in [0.1, 0.15) is 82.2 Å². The average molecular weight is 966 g/mol. The van der Waals surface area contributed by atoms with Gasteiger partial charge in [-0.3, -0.25) is 19.2 Å². The van der Waals surface area contributed by atoms with Crippen LogP contribution in [-0.4, -0.2) is 134 Å². The second-order valence-electron chi connectivity index (χ2n) is 18.3. The molecular formula is C52H75N3O14. The largest absolute Gasteiger partial charge is 0.496 e. The van der Waals surface area contributed by atoms with E-state index in [-0.39, 0.29) is 75.5 Å². The van der Waals surface area contributed by atoms with Gasteiger partial charge in [0.05, 0.1) is 77.9 Å². The number of carbonyl (C=O) groups is 5. The molecule has 1 fully saturated rings. The van der Waals surface area contributed by atoms with Crippen molar-refractivity contribution >= 4 is 29.7 Å². The molecule has 17 nitrogen and oxygen atoms in total. The number of cyclic esters (lactones) is 2. The topological polar surface area (TPSA) is 208 Å². The Kier molecular flexibility index (Phi) is 24.3. The van der Waals surface area contributed by atoms with Crippen molar-refractivity contribution in [2.24, 2.45) is 17.3 Å². The smallest absolute Gasteiger partial charge is 0.347 e. The van der Waals surface area contributed by atoms with E-state index in [9.17, 15) is 24.0 Å². The molecule has 0 bridgehead atoms. The monoisotopic (exact) mass is 966 g/mol. The Bertz CT molecular complexity index is 1970. The summed E-state index contributed by atoms with van der Waals surface area (Å²) in [6.45, 7) is 19.2. The van der Waals surface area contributed by atoms with Gasteiger partial charge in [0.15, 0.2) is 6.10 Å². The van der Waals surface area contributed by atoms with E-state index < -0.39 is 47.4 Å². The molecule has 3 N–H and O–H groups in total. The number of methoxy groups -OCH3 is 1. The minimum Gasteiger partial charge on any atom is -0.496 e. The minimum absolute atomic E-state index is 0.00460. The Hall–Kier alpha value is -5.17. The maximum Gasteiger partial charge on any atom is 0.347 e. The van der Waals surface area contributed by atoms with Crippen LogP contribution in [0.5, 0.6) is 5.75 Å². The van der Waals surface area contributed by atoms with E-state index in [4.69, 9.17) is 42.6 Å². The summed E-state index contributed by atoms with van der Waals surface area (Å²) in [6, 6.07) is 12.7. The van der Waals surface area contributed by atoms with Crippen LogP contribution in [-0.2, 0) is 74.8 Å². The third-order valence-corrected chi connectivity index (χ3v) is 11.5. The molecule has 2 aliphatic heterocycles. The number of esters is 3. The van der Waals surface area contributed by atoms with E-state index in [1.54, 1.807) is 27.0 Å². The summed E-state index contributed by atoms with van der Waals surface area (Å²) in [6.07, 6.45) is 2.87. The normalized spacial score (nSPS) is 21.9. The number of epoxide rings is 1. The van der Waals surface area contributed by atoms with Gasteiger partial charge < -0.3 is 58.6 Å². The molecule has 382 valence electrons. The maximum absolute atomic E-state index is 13.9. The molecule has 2 heterocycles. The van der Waals surface area contributed by atoms with Gasteiger partial charge in [0.25, 0.3) is 0 Å². The first-order valence-corrected chi connectivity index (χ1v) is 23.9. The predicted molar refractivity (Wildman–Crippen MR) is 257 cm³/mol. The molecule has 2 amide bonds. The Labute approximate surface area is 407 Å². The van der Waals surface area contributed by atoms with Gasteiger partial charge in [-0.15, -0.1) is 0 Å². The van der Waals surface area contributed by atoms with Crippen molar-refractivity contribution in [2.75, 3.05) is 79.7 Å². The van der Waals surface area contributed by atoms with Crippen LogP contribution in [0.3, 0.4) is 0 Å². The lowest BCUT2D eigenvalue weighted by molar-refractivity contribution is -0.179. The Morgan fingerprint density at radius 2 is 1.55 bits per heavy atom. The van der Waals surface area contributed by atoms with E-state index >= 15 is 0 Å². The number of rotatable bonds is 27. The van der Waals surface area contributed by atoms with Gasteiger partial charge in [-0.05, 0) is 67.5 Å². The van der Waals surface area contributed by atoms with Crippen LogP contribution < -0.4 is 20.7 Å². The zero-order chi connectivity index (χ0) is 50.2. The van der Waals surface area contributed by atoms with E-state index in [0.29, 0.717) is 65.1 Å². The Balaban J connectivity index is 1.26. The summed E-state index contributed by atoms with van der Waals surface area (Å²) in [5.41, 5.74) is 2.55. The molecule has 2 unspecified atom stereocenters. The molecule has 0 aromatic heterocycles. The van der Waals surface area contributed by atoms with Gasteiger partial charge in [-0.1, -0.05) is 75.9 Å². The summed E-state index contributed by atoms with van der Waals surface area (Å²) < 4.78 is 50.5. The number of carbonyl (C=O) groups excluding carboxylic acids is 5. The number of aryl methyl sites for hydroxylation is 1. The highest BCUT2D eigenvalue weighted by Gasteiger charge is 2.48. The van der Waals surface area contributed by atoms with E-state index in [1.165, 1.54) is 12.2 Å². The average Bonchev–Trinajstić information content (AvgIpc) is 4.12. The highest BCUT2D eigenvalue weighted by molar-refractivity contribution is 5.93. The van der Waals surface area contributed by atoms with Crippen LogP contribution in [0, 0.1) is 24.2 Å². The van der Waals surface area contributed by atoms with Gasteiger partial charge in [0.2, 0.25) is 11.8 Å². The third-order valence-electron chi connectivity index (χ3n) is 11.5. The van der Waals surface area contributed by atoms with Crippen molar-refractivity contribution in [3.63, 3.8) is 0 Å². The predicted octanol–water partition coefficient (Wildman–Crippen LogP) is 5.05. The Morgan fingerprint density at radius 1 is 0.899 bits per heavy atom. The molecule has 17 heteroatoms. The van der Waals surface area contributed by atoms with Crippen LogP contribution in [0.4, 0.5) is 0 Å². The molecule has 0 spiro atoms. The number of ether oxygens (including phenoxy) is 9. The molecule has 0 radical (unpaired) electrons. The lowest BCUT2D eigenvalue weighted by Crippen LogP contribution is -2.51. The van der Waals surface area contributed by atoms with Crippen molar-refractivity contribution in [3.05, 3.63) is 89.5 Å². The molecule has 0 saturated carbocycles. The Morgan fingerprint density at radius 3 is 2.19 bits per heavy atom.